The lowest BCUT2D eigenvalue weighted by molar-refractivity contribution is -0.118. The first kappa shape index (κ1) is 20.5. The van der Waals surface area contributed by atoms with Crippen LogP contribution in [0.15, 0.2) is 71.1 Å². The van der Waals surface area contributed by atoms with Gasteiger partial charge in [-0.2, -0.15) is 0 Å². The molecule has 2 amide bonds. The Kier molecular flexibility index (Phi) is 5.89. The summed E-state index contributed by atoms with van der Waals surface area (Å²) < 4.78 is 11.5. The molecule has 4 rings (SSSR count). The third-order valence-electron chi connectivity index (χ3n) is 5.18. The minimum Gasteiger partial charge on any atom is -0.484 e. The lowest BCUT2D eigenvalue weighted by atomic mass is 10.1. The summed E-state index contributed by atoms with van der Waals surface area (Å²) in [6.07, 6.45) is 0. The predicted octanol–water partition coefficient (Wildman–Crippen LogP) is 5.09. The largest absolute Gasteiger partial charge is 0.484 e. The fraction of sp³-hybridized carbons (Fsp3) is 0.200. The standard InChI is InChI=1S/C25H24N2O4/c1-3-27(4-2)25(29)17-9-11-18(12-10-17)26-24(28)16-30-19-13-14-23-21(15-19)20-7-5-6-8-22(20)31-23/h5-15H,3-4,16H2,1-2H3,(H,26,28). The van der Waals surface area contributed by atoms with Gasteiger partial charge < -0.3 is 19.4 Å². The van der Waals surface area contributed by atoms with E-state index < -0.39 is 0 Å². The van der Waals surface area contributed by atoms with Crippen LogP contribution in [0.1, 0.15) is 24.2 Å². The molecular weight excluding hydrogens is 392 g/mol. The van der Waals surface area contributed by atoms with E-state index in [9.17, 15) is 9.59 Å². The van der Waals surface area contributed by atoms with Crippen LogP contribution in [0.3, 0.4) is 0 Å². The molecule has 158 valence electrons. The average molecular weight is 416 g/mol. The third-order valence-corrected chi connectivity index (χ3v) is 5.18. The molecule has 0 bridgehead atoms. The highest BCUT2D eigenvalue weighted by atomic mass is 16.5. The van der Waals surface area contributed by atoms with E-state index in [1.165, 1.54) is 0 Å². The molecule has 31 heavy (non-hydrogen) atoms. The Morgan fingerprint density at radius 2 is 1.61 bits per heavy atom. The maximum Gasteiger partial charge on any atom is 0.262 e. The Morgan fingerprint density at radius 1 is 0.903 bits per heavy atom. The van der Waals surface area contributed by atoms with Crippen LogP contribution in [0.5, 0.6) is 5.75 Å². The molecule has 0 saturated heterocycles. The van der Waals surface area contributed by atoms with Crippen LogP contribution in [-0.2, 0) is 4.79 Å². The molecule has 0 spiro atoms. The van der Waals surface area contributed by atoms with Crippen LogP contribution in [0.4, 0.5) is 5.69 Å². The van der Waals surface area contributed by atoms with Gasteiger partial charge in [0.25, 0.3) is 11.8 Å². The summed E-state index contributed by atoms with van der Waals surface area (Å²) in [4.78, 5) is 26.4. The Bertz CT molecular complexity index is 1220. The second-order valence-electron chi connectivity index (χ2n) is 7.15. The smallest absolute Gasteiger partial charge is 0.262 e. The summed E-state index contributed by atoms with van der Waals surface area (Å²) in [7, 11) is 0. The summed E-state index contributed by atoms with van der Waals surface area (Å²) in [5, 5.41) is 4.74. The van der Waals surface area contributed by atoms with E-state index in [1.54, 1.807) is 35.2 Å². The number of furan rings is 1. The van der Waals surface area contributed by atoms with Gasteiger partial charge in [-0.15, -0.1) is 0 Å². The average Bonchev–Trinajstić information content (AvgIpc) is 3.17. The number of nitrogens with zero attached hydrogens (tertiary/aromatic N) is 1. The second kappa shape index (κ2) is 8.92. The van der Waals surface area contributed by atoms with Crippen molar-refractivity contribution < 1.29 is 18.7 Å². The predicted molar refractivity (Wildman–Crippen MR) is 122 cm³/mol. The number of amides is 2. The van der Waals surface area contributed by atoms with Crippen molar-refractivity contribution >= 4 is 39.4 Å². The van der Waals surface area contributed by atoms with Crippen molar-refractivity contribution in [1.29, 1.82) is 0 Å². The van der Waals surface area contributed by atoms with Crippen LogP contribution in [-0.4, -0.2) is 36.4 Å². The highest BCUT2D eigenvalue weighted by molar-refractivity contribution is 6.05. The molecular formula is C25H24N2O4. The van der Waals surface area contributed by atoms with E-state index in [0.717, 1.165) is 21.9 Å². The van der Waals surface area contributed by atoms with Gasteiger partial charge in [0.05, 0.1) is 0 Å². The molecule has 4 aromatic rings. The summed E-state index contributed by atoms with van der Waals surface area (Å²) in [5.41, 5.74) is 2.80. The molecule has 6 nitrogen and oxygen atoms in total. The molecule has 0 fully saturated rings. The van der Waals surface area contributed by atoms with E-state index in [2.05, 4.69) is 5.32 Å². The Labute approximate surface area is 180 Å². The molecule has 0 saturated carbocycles. The topological polar surface area (TPSA) is 71.8 Å². The second-order valence-corrected chi connectivity index (χ2v) is 7.15. The number of benzene rings is 3. The van der Waals surface area contributed by atoms with E-state index in [1.807, 2.05) is 50.2 Å². The maximum atomic E-state index is 12.4. The van der Waals surface area contributed by atoms with Crippen LogP contribution in [0, 0.1) is 0 Å². The third kappa shape index (κ3) is 4.38. The fourth-order valence-electron chi connectivity index (χ4n) is 3.53. The van der Waals surface area contributed by atoms with Crippen molar-refractivity contribution in [3.63, 3.8) is 0 Å². The molecule has 1 N–H and O–H groups in total. The van der Waals surface area contributed by atoms with Crippen molar-refractivity contribution in [2.75, 3.05) is 25.0 Å². The SMILES string of the molecule is CCN(CC)C(=O)c1ccc(NC(=O)COc2ccc3oc4ccccc4c3c2)cc1. The highest BCUT2D eigenvalue weighted by Gasteiger charge is 2.13. The summed E-state index contributed by atoms with van der Waals surface area (Å²) >= 11 is 0. The van der Waals surface area contributed by atoms with Crippen molar-refractivity contribution in [3.8, 4) is 5.75 Å². The van der Waals surface area contributed by atoms with Crippen molar-refractivity contribution in [3.05, 3.63) is 72.3 Å². The van der Waals surface area contributed by atoms with Gasteiger partial charge >= 0.3 is 0 Å². The minimum absolute atomic E-state index is 0.0200. The van der Waals surface area contributed by atoms with Gasteiger partial charge in [0.1, 0.15) is 16.9 Å². The molecule has 3 aromatic carbocycles. The van der Waals surface area contributed by atoms with Gasteiger partial charge in [0.2, 0.25) is 0 Å². The first-order valence-corrected chi connectivity index (χ1v) is 10.3. The number of para-hydroxylation sites is 1. The molecule has 1 heterocycles. The zero-order chi connectivity index (χ0) is 21.8. The normalized spacial score (nSPS) is 10.9. The van der Waals surface area contributed by atoms with E-state index in [4.69, 9.17) is 9.15 Å². The quantitative estimate of drug-likeness (QED) is 0.456. The monoisotopic (exact) mass is 416 g/mol. The summed E-state index contributed by atoms with van der Waals surface area (Å²) in [6, 6.07) is 20.2. The lowest BCUT2D eigenvalue weighted by Gasteiger charge is -2.18. The molecule has 0 aliphatic heterocycles. The number of anilines is 1. The van der Waals surface area contributed by atoms with Gasteiger partial charge in [0, 0.05) is 35.1 Å². The maximum absolute atomic E-state index is 12.4. The van der Waals surface area contributed by atoms with Gasteiger partial charge in [0.15, 0.2) is 6.61 Å². The van der Waals surface area contributed by atoms with Gasteiger partial charge in [-0.1, -0.05) is 18.2 Å². The van der Waals surface area contributed by atoms with E-state index >= 15 is 0 Å². The molecule has 0 atom stereocenters. The Hall–Kier alpha value is -3.80. The van der Waals surface area contributed by atoms with Crippen molar-refractivity contribution in [2.45, 2.75) is 13.8 Å². The van der Waals surface area contributed by atoms with Crippen LogP contribution >= 0.6 is 0 Å². The molecule has 0 aliphatic rings. The Morgan fingerprint density at radius 3 is 2.35 bits per heavy atom. The molecule has 1 aromatic heterocycles. The van der Waals surface area contributed by atoms with Gasteiger partial charge in [-0.3, -0.25) is 9.59 Å². The van der Waals surface area contributed by atoms with Crippen molar-refractivity contribution in [1.82, 2.24) is 4.90 Å². The number of rotatable bonds is 7. The van der Waals surface area contributed by atoms with Gasteiger partial charge in [-0.25, -0.2) is 0 Å². The molecule has 0 aliphatic carbocycles. The first-order chi connectivity index (χ1) is 15.1. The highest BCUT2D eigenvalue weighted by Crippen LogP contribution is 2.31. The summed E-state index contributed by atoms with van der Waals surface area (Å²) in [5.74, 6) is 0.294. The van der Waals surface area contributed by atoms with E-state index in [-0.39, 0.29) is 18.4 Å². The number of hydrogen-bond acceptors (Lipinski definition) is 4. The first-order valence-electron chi connectivity index (χ1n) is 10.3. The zero-order valence-electron chi connectivity index (χ0n) is 17.6. The van der Waals surface area contributed by atoms with Crippen molar-refractivity contribution in [2.24, 2.45) is 0 Å². The molecule has 0 radical (unpaired) electrons. The summed E-state index contributed by atoms with van der Waals surface area (Å²) in [6.45, 7) is 5.09. The number of hydrogen-bond donors (Lipinski definition) is 1. The number of ether oxygens (including phenoxy) is 1. The number of nitrogens with one attached hydrogen (secondary N) is 1. The molecule has 0 unspecified atom stereocenters. The van der Waals surface area contributed by atoms with Crippen LogP contribution in [0.25, 0.3) is 21.9 Å². The zero-order valence-corrected chi connectivity index (χ0v) is 17.6. The lowest BCUT2D eigenvalue weighted by Crippen LogP contribution is -2.30. The van der Waals surface area contributed by atoms with Crippen LogP contribution in [0.2, 0.25) is 0 Å². The molecule has 6 heteroatoms. The number of fused-ring (bicyclic) bond motifs is 3. The number of carbonyl (C=O) groups is 2. The minimum atomic E-state index is -0.278. The fourth-order valence-corrected chi connectivity index (χ4v) is 3.53. The van der Waals surface area contributed by atoms with Crippen LogP contribution < -0.4 is 10.1 Å². The van der Waals surface area contributed by atoms with Gasteiger partial charge in [-0.05, 0) is 62.4 Å². The van der Waals surface area contributed by atoms with E-state index in [0.29, 0.717) is 30.1 Å². The number of carbonyl (C=O) groups excluding carboxylic acids is 2. The Balaban J connectivity index is 1.38.